The molecule has 2 aromatic carbocycles. The van der Waals surface area contributed by atoms with Gasteiger partial charge in [-0.25, -0.2) is 0 Å². The Bertz CT molecular complexity index is 1060. The van der Waals surface area contributed by atoms with E-state index in [-0.39, 0.29) is 11.8 Å². The highest BCUT2D eigenvalue weighted by Gasteiger charge is 2.32. The Balaban J connectivity index is 1.19. The summed E-state index contributed by atoms with van der Waals surface area (Å²) in [5, 5.41) is 4.14. The van der Waals surface area contributed by atoms with Crippen LogP contribution in [0.4, 0.5) is 11.7 Å². The summed E-state index contributed by atoms with van der Waals surface area (Å²) < 4.78 is 10.8. The van der Waals surface area contributed by atoms with Crippen molar-refractivity contribution < 1.29 is 14.1 Å². The summed E-state index contributed by atoms with van der Waals surface area (Å²) in [5.41, 5.74) is 2.09. The molecule has 0 N–H and O–H groups in total. The number of piperidine rings is 1. The summed E-state index contributed by atoms with van der Waals surface area (Å²) in [7, 11) is 1.64. The van der Waals surface area contributed by atoms with Crippen LogP contribution in [-0.2, 0) is 4.79 Å². The number of para-hydroxylation sites is 1. The van der Waals surface area contributed by atoms with E-state index < -0.39 is 0 Å². The van der Waals surface area contributed by atoms with Crippen LogP contribution in [0.1, 0.15) is 12.8 Å². The van der Waals surface area contributed by atoms with Gasteiger partial charge in [-0.05, 0) is 49.2 Å². The second kappa shape index (κ2) is 9.52. The standard InChI is InChI=1S/C25H29N5O3/c1-32-22-11-9-19(10-12-22)23-26-25(33-27-23)30-13-5-6-20(18-30)24(31)29-16-14-28(15-17-29)21-7-3-2-4-8-21/h2-4,7-12,20H,5-6,13-18H2,1H3/t20-/m0/s1. The molecular weight excluding hydrogens is 418 g/mol. The number of anilines is 2. The third-order valence-corrected chi connectivity index (χ3v) is 6.52. The molecule has 0 unspecified atom stereocenters. The van der Waals surface area contributed by atoms with Gasteiger partial charge in [-0.15, -0.1) is 0 Å². The Kier molecular flexibility index (Phi) is 6.15. The number of piperazine rings is 1. The van der Waals surface area contributed by atoms with Gasteiger partial charge in [0, 0.05) is 50.5 Å². The van der Waals surface area contributed by atoms with Crippen molar-refractivity contribution in [1.29, 1.82) is 0 Å². The van der Waals surface area contributed by atoms with Crippen molar-refractivity contribution in [1.82, 2.24) is 15.0 Å². The Morgan fingerprint density at radius 1 is 0.970 bits per heavy atom. The number of ether oxygens (including phenoxy) is 1. The molecule has 2 aliphatic rings. The van der Waals surface area contributed by atoms with Crippen molar-refractivity contribution in [3.63, 3.8) is 0 Å². The van der Waals surface area contributed by atoms with E-state index in [1.54, 1.807) is 7.11 Å². The average Bonchev–Trinajstić information content (AvgIpc) is 3.39. The van der Waals surface area contributed by atoms with Crippen LogP contribution >= 0.6 is 0 Å². The van der Waals surface area contributed by atoms with Crippen molar-refractivity contribution in [2.75, 3.05) is 56.2 Å². The molecule has 3 aromatic rings. The average molecular weight is 448 g/mol. The summed E-state index contributed by atoms with van der Waals surface area (Å²) >= 11 is 0. The quantitative estimate of drug-likeness (QED) is 0.594. The third kappa shape index (κ3) is 4.65. The number of methoxy groups -OCH3 is 1. The van der Waals surface area contributed by atoms with Gasteiger partial charge >= 0.3 is 6.01 Å². The number of carbonyl (C=O) groups is 1. The first kappa shape index (κ1) is 21.3. The van der Waals surface area contributed by atoms with Crippen molar-refractivity contribution in [2.45, 2.75) is 12.8 Å². The first-order chi connectivity index (χ1) is 16.2. The van der Waals surface area contributed by atoms with Gasteiger partial charge in [0.1, 0.15) is 5.75 Å². The maximum Gasteiger partial charge on any atom is 0.324 e. The smallest absolute Gasteiger partial charge is 0.324 e. The van der Waals surface area contributed by atoms with Crippen LogP contribution in [0.25, 0.3) is 11.4 Å². The van der Waals surface area contributed by atoms with Crippen LogP contribution in [0.3, 0.4) is 0 Å². The van der Waals surface area contributed by atoms with Gasteiger partial charge in [-0.1, -0.05) is 23.4 Å². The highest BCUT2D eigenvalue weighted by Crippen LogP contribution is 2.27. The van der Waals surface area contributed by atoms with Gasteiger partial charge < -0.3 is 24.0 Å². The number of aromatic nitrogens is 2. The zero-order valence-electron chi connectivity index (χ0n) is 18.9. The van der Waals surface area contributed by atoms with E-state index in [9.17, 15) is 4.79 Å². The van der Waals surface area contributed by atoms with E-state index in [1.165, 1.54) is 5.69 Å². The molecule has 8 nitrogen and oxygen atoms in total. The molecule has 2 saturated heterocycles. The third-order valence-electron chi connectivity index (χ3n) is 6.52. The summed E-state index contributed by atoms with van der Waals surface area (Å²) in [6.07, 6.45) is 1.83. The number of rotatable bonds is 5. The first-order valence-electron chi connectivity index (χ1n) is 11.5. The van der Waals surface area contributed by atoms with Gasteiger partial charge in [0.25, 0.3) is 0 Å². The zero-order valence-corrected chi connectivity index (χ0v) is 18.9. The zero-order chi connectivity index (χ0) is 22.6. The maximum absolute atomic E-state index is 13.3. The van der Waals surface area contributed by atoms with Crippen LogP contribution in [0.5, 0.6) is 5.75 Å². The molecule has 3 heterocycles. The highest BCUT2D eigenvalue weighted by molar-refractivity contribution is 5.80. The SMILES string of the molecule is COc1ccc(-c2noc(N3CCC[C@H](C(=O)N4CCN(c5ccccc5)CC4)C3)n2)cc1. The number of benzene rings is 2. The predicted molar refractivity (Wildman–Crippen MR) is 126 cm³/mol. The van der Waals surface area contributed by atoms with Crippen LogP contribution in [0.15, 0.2) is 59.1 Å². The van der Waals surface area contributed by atoms with Crippen molar-refractivity contribution in [2.24, 2.45) is 5.92 Å². The fourth-order valence-electron chi connectivity index (χ4n) is 4.64. The van der Waals surface area contributed by atoms with Gasteiger partial charge in [-0.3, -0.25) is 4.79 Å². The van der Waals surface area contributed by atoms with E-state index in [1.807, 2.05) is 40.1 Å². The van der Waals surface area contributed by atoms with Crippen LogP contribution in [0, 0.1) is 5.92 Å². The van der Waals surface area contributed by atoms with Crippen LogP contribution in [-0.4, -0.2) is 67.3 Å². The minimum atomic E-state index is -0.0432. The number of carbonyl (C=O) groups excluding carboxylic acids is 1. The van der Waals surface area contributed by atoms with E-state index in [0.717, 1.165) is 56.9 Å². The molecule has 0 bridgehead atoms. The van der Waals surface area contributed by atoms with E-state index in [2.05, 4.69) is 39.3 Å². The minimum absolute atomic E-state index is 0.0432. The largest absolute Gasteiger partial charge is 0.497 e. The van der Waals surface area contributed by atoms with Gasteiger partial charge in [0.15, 0.2) is 0 Å². The van der Waals surface area contributed by atoms with E-state index in [4.69, 9.17) is 9.26 Å². The Labute approximate surface area is 193 Å². The molecule has 0 spiro atoms. The van der Waals surface area contributed by atoms with E-state index >= 15 is 0 Å². The Hall–Kier alpha value is -3.55. The highest BCUT2D eigenvalue weighted by atomic mass is 16.5. The Morgan fingerprint density at radius 3 is 2.45 bits per heavy atom. The Morgan fingerprint density at radius 2 is 1.73 bits per heavy atom. The second-order valence-corrected chi connectivity index (χ2v) is 8.56. The molecule has 0 aliphatic carbocycles. The monoisotopic (exact) mass is 447 g/mol. The molecule has 8 heteroatoms. The molecule has 172 valence electrons. The lowest BCUT2D eigenvalue weighted by atomic mass is 9.96. The van der Waals surface area contributed by atoms with E-state index in [0.29, 0.717) is 18.4 Å². The molecule has 2 aliphatic heterocycles. The fourth-order valence-corrected chi connectivity index (χ4v) is 4.64. The van der Waals surface area contributed by atoms with Crippen LogP contribution in [0.2, 0.25) is 0 Å². The predicted octanol–water partition coefficient (Wildman–Crippen LogP) is 3.31. The first-order valence-corrected chi connectivity index (χ1v) is 11.5. The molecule has 33 heavy (non-hydrogen) atoms. The van der Waals surface area contributed by atoms with Gasteiger partial charge in [-0.2, -0.15) is 4.98 Å². The number of hydrogen-bond donors (Lipinski definition) is 0. The normalized spacial score (nSPS) is 18.9. The minimum Gasteiger partial charge on any atom is -0.497 e. The fraction of sp³-hybridized carbons (Fsp3) is 0.400. The van der Waals surface area contributed by atoms with Gasteiger partial charge in [0.05, 0.1) is 13.0 Å². The molecular formula is C25H29N5O3. The second-order valence-electron chi connectivity index (χ2n) is 8.56. The molecule has 2 fully saturated rings. The summed E-state index contributed by atoms with van der Waals surface area (Å²) in [4.78, 5) is 24.3. The van der Waals surface area contributed by atoms with Crippen LogP contribution < -0.4 is 14.5 Å². The lowest BCUT2D eigenvalue weighted by Crippen LogP contribution is -2.52. The summed E-state index contributed by atoms with van der Waals surface area (Å²) in [5.74, 6) is 1.52. The van der Waals surface area contributed by atoms with Crippen molar-refractivity contribution in [3.8, 4) is 17.1 Å². The number of nitrogens with zero attached hydrogens (tertiary/aromatic N) is 5. The summed E-state index contributed by atoms with van der Waals surface area (Å²) in [6, 6.07) is 18.4. The number of hydrogen-bond acceptors (Lipinski definition) is 7. The molecule has 0 radical (unpaired) electrons. The van der Waals surface area contributed by atoms with Crippen molar-refractivity contribution in [3.05, 3.63) is 54.6 Å². The molecule has 1 atom stereocenters. The topological polar surface area (TPSA) is 74.9 Å². The molecule has 5 rings (SSSR count). The number of amides is 1. The van der Waals surface area contributed by atoms with Gasteiger partial charge in [0.2, 0.25) is 11.7 Å². The molecule has 1 amide bonds. The lowest BCUT2D eigenvalue weighted by molar-refractivity contribution is -0.136. The maximum atomic E-state index is 13.3. The summed E-state index contributed by atoms with van der Waals surface area (Å²) in [6.45, 7) is 4.67. The molecule has 1 aromatic heterocycles. The molecule has 0 saturated carbocycles. The van der Waals surface area contributed by atoms with Crippen molar-refractivity contribution >= 4 is 17.6 Å². The lowest BCUT2D eigenvalue weighted by Gasteiger charge is -2.39.